The second-order valence-corrected chi connectivity index (χ2v) is 3.55. The monoisotopic (exact) mass is 203 g/mol. The highest BCUT2D eigenvalue weighted by atomic mass is 16.1. The fraction of sp³-hybridized carbons (Fsp3) is 0.182. The lowest BCUT2D eigenvalue weighted by Gasteiger charge is -2.02. The second-order valence-electron chi connectivity index (χ2n) is 3.55. The fourth-order valence-electron chi connectivity index (χ4n) is 1.71. The summed E-state index contributed by atoms with van der Waals surface area (Å²) in [6.07, 6.45) is 3.74. The van der Waals surface area contributed by atoms with Gasteiger partial charge >= 0.3 is 0 Å². The molecule has 15 heavy (non-hydrogen) atoms. The number of H-pyrrole nitrogens is 1. The quantitative estimate of drug-likeness (QED) is 0.761. The zero-order valence-electron chi connectivity index (χ0n) is 8.74. The molecule has 2 heterocycles. The van der Waals surface area contributed by atoms with E-state index >= 15 is 0 Å². The minimum Gasteiger partial charge on any atom is -0.367 e. The first kappa shape index (κ1) is 9.58. The summed E-state index contributed by atoms with van der Waals surface area (Å²) in [6, 6.07) is 3.78. The Balaban J connectivity index is 2.60. The van der Waals surface area contributed by atoms with Gasteiger partial charge < -0.3 is 15.3 Å². The Bertz CT molecular complexity index is 494. The summed E-state index contributed by atoms with van der Waals surface area (Å²) in [4.78, 5) is 14.1. The Kier molecular flexibility index (Phi) is 2.11. The van der Waals surface area contributed by atoms with Gasteiger partial charge in [0.1, 0.15) is 0 Å². The number of aromatic nitrogens is 2. The fourth-order valence-corrected chi connectivity index (χ4v) is 1.71. The number of nitrogens with two attached hydrogens (primary N) is 1. The van der Waals surface area contributed by atoms with E-state index in [-0.39, 0.29) is 5.91 Å². The molecule has 0 aliphatic carbocycles. The summed E-state index contributed by atoms with van der Waals surface area (Å²) in [5, 5.41) is 0. The van der Waals surface area contributed by atoms with Crippen LogP contribution in [-0.2, 0) is 7.05 Å². The van der Waals surface area contributed by atoms with E-state index in [1.807, 2.05) is 43.1 Å². The first-order valence-corrected chi connectivity index (χ1v) is 4.70. The van der Waals surface area contributed by atoms with E-state index in [1.165, 1.54) is 0 Å². The van der Waals surface area contributed by atoms with Gasteiger partial charge in [0, 0.05) is 30.7 Å². The Morgan fingerprint density at radius 3 is 2.73 bits per heavy atom. The van der Waals surface area contributed by atoms with Crippen LogP contribution in [-0.4, -0.2) is 15.5 Å². The van der Waals surface area contributed by atoms with Gasteiger partial charge in [0.2, 0.25) is 0 Å². The van der Waals surface area contributed by atoms with Crippen LogP contribution in [0.1, 0.15) is 16.1 Å². The van der Waals surface area contributed by atoms with Crippen LogP contribution >= 0.6 is 0 Å². The van der Waals surface area contributed by atoms with Gasteiger partial charge in [-0.25, -0.2) is 0 Å². The number of hydrogen-bond acceptors (Lipinski definition) is 1. The number of aromatic amines is 1. The van der Waals surface area contributed by atoms with Gasteiger partial charge in [0.25, 0.3) is 5.91 Å². The van der Waals surface area contributed by atoms with Crippen molar-refractivity contribution in [1.29, 1.82) is 0 Å². The summed E-state index contributed by atoms with van der Waals surface area (Å²) in [7, 11) is 1.92. The molecule has 0 saturated carbocycles. The maximum absolute atomic E-state index is 11.2. The highest BCUT2D eigenvalue weighted by Crippen LogP contribution is 2.23. The number of carbonyl (C=O) groups excluding carboxylic acids is 1. The molecule has 1 amide bonds. The average Bonchev–Trinajstić information content (AvgIpc) is 2.77. The van der Waals surface area contributed by atoms with Crippen molar-refractivity contribution in [2.75, 3.05) is 0 Å². The van der Waals surface area contributed by atoms with E-state index in [4.69, 9.17) is 5.73 Å². The number of hydrogen-bond donors (Lipinski definition) is 2. The Hall–Kier alpha value is -1.97. The molecule has 0 unspecified atom stereocenters. The van der Waals surface area contributed by atoms with E-state index in [0.717, 1.165) is 17.0 Å². The minimum absolute atomic E-state index is 0.384. The maximum atomic E-state index is 11.2. The molecule has 0 aliphatic rings. The van der Waals surface area contributed by atoms with Crippen molar-refractivity contribution >= 4 is 5.91 Å². The molecular formula is C11H13N3O. The third kappa shape index (κ3) is 1.44. The first-order valence-electron chi connectivity index (χ1n) is 4.70. The summed E-state index contributed by atoms with van der Waals surface area (Å²) < 4.78 is 1.96. The maximum Gasteiger partial charge on any atom is 0.250 e. The summed E-state index contributed by atoms with van der Waals surface area (Å²) >= 11 is 0. The van der Waals surface area contributed by atoms with E-state index in [0.29, 0.717) is 5.56 Å². The molecule has 0 fully saturated rings. The van der Waals surface area contributed by atoms with Crippen LogP contribution in [0.25, 0.3) is 11.3 Å². The molecule has 0 atom stereocenters. The lowest BCUT2D eigenvalue weighted by atomic mass is 10.2. The number of nitrogens with zero attached hydrogens (tertiary/aromatic N) is 1. The molecule has 0 saturated heterocycles. The topological polar surface area (TPSA) is 63.8 Å². The number of nitrogens with one attached hydrogen (secondary N) is 1. The predicted molar refractivity (Wildman–Crippen MR) is 58.5 cm³/mol. The van der Waals surface area contributed by atoms with Gasteiger partial charge in [0.15, 0.2) is 0 Å². The molecule has 4 heteroatoms. The summed E-state index contributed by atoms with van der Waals surface area (Å²) in [6.45, 7) is 1.89. The van der Waals surface area contributed by atoms with Crippen molar-refractivity contribution in [1.82, 2.24) is 9.55 Å². The molecule has 0 bridgehead atoms. The smallest absolute Gasteiger partial charge is 0.250 e. The van der Waals surface area contributed by atoms with Gasteiger partial charge in [-0.1, -0.05) is 0 Å². The average molecular weight is 203 g/mol. The van der Waals surface area contributed by atoms with Crippen molar-refractivity contribution < 1.29 is 4.79 Å². The van der Waals surface area contributed by atoms with Crippen LogP contribution in [0.15, 0.2) is 24.5 Å². The molecule has 0 aliphatic heterocycles. The SMILES string of the molecule is Cc1c(C(N)=O)cc(-c2cc[nH]c2)n1C. The van der Waals surface area contributed by atoms with Crippen molar-refractivity contribution in [3.63, 3.8) is 0 Å². The second kappa shape index (κ2) is 3.31. The Labute approximate surface area is 87.7 Å². The van der Waals surface area contributed by atoms with Gasteiger partial charge in [-0.15, -0.1) is 0 Å². The highest BCUT2D eigenvalue weighted by molar-refractivity contribution is 5.95. The van der Waals surface area contributed by atoms with Crippen LogP contribution in [0, 0.1) is 6.92 Å². The zero-order valence-corrected chi connectivity index (χ0v) is 8.74. The van der Waals surface area contributed by atoms with Crippen LogP contribution in [0.4, 0.5) is 0 Å². The first-order chi connectivity index (χ1) is 7.11. The lowest BCUT2D eigenvalue weighted by molar-refractivity contribution is 0.0999. The van der Waals surface area contributed by atoms with Crippen molar-refractivity contribution in [3.8, 4) is 11.3 Å². The lowest BCUT2D eigenvalue weighted by Crippen LogP contribution is -2.11. The number of carbonyl (C=O) groups is 1. The largest absolute Gasteiger partial charge is 0.367 e. The van der Waals surface area contributed by atoms with Crippen molar-refractivity contribution in [3.05, 3.63) is 35.8 Å². The van der Waals surface area contributed by atoms with E-state index < -0.39 is 0 Å². The van der Waals surface area contributed by atoms with Crippen LogP contribution in [0.2, 0.25) is 0 Å². The van der Waals surface area contributed by atoms with Crippen molar-refractivity contribution in [2.24, 2.45) is 12.8 Å². The number of amides is 1. The van der Waals surface area contributed by atoms with Gasteiger partial charge in [-0.3, -0.25) is 4.79 Å². The van der Waals surface area contributed by atoms with E-state index in [9.17, 15) is 4.79 Å². The molecule has 0 spiro atoms. The molecule has 78 valence electrons. The molecule has 4 nitrogen and oxygen atoms in total. The third-order valence-electron chi connectivity index (χ3n) is 2.69. The molecule has 2 rings (SSSR count). The number of rotatable bonds is 2. The molecule has 2 aromatic rings. The van der Waals surface area contributed by atoms with Crippen LogP contribution < -0.4 is 5.73 Å². The summed E-state index contributed by atoms with van der Waals surface area (Å²) in [5.74, 6) is -0.384. The Morgan fingerprint density at radius 2 is 2.27 bits per heavy atom. The van der Waals surface area contributed by atoms with E-state index in [2.05, 4.69) is 4.98 Å². The summed E-state index contributed by atoms with van der Waals surface area (Å²) in [5.41, 5.74) is 8.79. The van der Waals surface area contributed by atoms with Crippen LogP contribution in [0.3, 0.4) is 0 Å². The van der Waals surface area contributed by atoms with Gasteiger partial charge in [-0.2, -0.15) is 0 Å². The molecular weight excluding hydrogens is 190 g/mol. The number of primary amides is 1. The minimum atomic E-state index is -0.384. The zero-order chi connectivity index (χ0) is 11.0. The standard InChI is InChI=1S/C11H13N3O/c1-7-9(11(12)15)5-10(14(7)2)8-3-4-13-6-8/h3-6,13H,1-2H3,(H2,12,15). The highest BCUT2D eigenvalue weighted by Gasteiger charge is 2.14. The van der Waals surface area contributed by atoms with Gasteiger partial charge in [-0.05, 0) is 19.1 Å². The molecule has 2 aromatic heterocycles. The third-order valence-corrected chi connectivity index (χ3v) is 2.69. The van der Waals surface area contributed by atoms with Crippen molar-refractivity contribution in [2.45, 2.75) is 6.92 Å². The molecule has 0 radical (unpaired) electrons. The molecule has 3 N–H and O–H groups in total. The van der Waals surface area contributed by atoms with Crippen LogP contribution in [0.5, 0.6) is 0 Å². The van der Waals surface area contributed by atoms with Gasteiger partial charge in [0.05, 0.1) is 11.3 Å². The van der Waals surface area contributed by atoms with E-state index in [1.54, 1.807) is 0 Å². The normalized spacial score (nSPS) is 10.5. The molecule has 0 aromatic carbocycles. The predicted octanol–water partition coefficient (Wildman–Crippen LogP) is 1.43. The Morgan fingerprint density at radius 1 is 1.53 bits per heavy atom.